The Morgan fingerprint density at radius 2 is 1.92 bits per heavy atom. The third-order valence-electron chi connectivity index (χ3n) is 4.70. The summed E-state index contributed by atoms with van der Waals surface area (Å²) in [5.74, 6) is 0.792. The molecule has 3 rings (SSSR count). The van der Waals surface area contributed by atoms with Crippen molar-refractivity contribution in [1.29, 1.82) is 0 Å². The standard InChI is InChI=1S/C20H26ClN5/c1-22-20(24-14-16-9-10-19(21)23-13-16)25-15-18(26-11-5-6-12-26)17-7-3-2-4-8-17/h2-4,7-10,13,18H,5-6,11-12,14-15H2,1H3,(H2,22,24,25). The van der Waals surface area contributed by atoms with Crippen LogP contribution in [0.2, 0.25) is 5.15 Å². The van der Waals surface area contributed by atoms with Crippen molar-refractivity contribution >= 4 is 17.6 Å². The average Bonchev–Trinajstić information content (AvgIpc) is 3.21. The van der Waals surface area contributed by atoms with E-state index >= 15 is 0 Å². The first-order valence-electron chi connectivity index (χ1n) is 9.10. The second kappa shape index (κ2) is 9.55. The van der Waals surface area contributed by atoms with E-state index < -0.39 is 0 Å². The molecule has 0 amide bonds. The third kappa shape index (κ3) is 5.19. The van der Waals surface area contributed by atoms with Gasteiger partial charge in [0.2, 0.25) is 0 Å². The molecule has 2 heterocycles. The Labute approximate surface area is 160 Å². The topological polar surface area (TPSA) is 52.6 Å². The van der Waals surface area contributed by atoms with Gasteiger partial charge in [0.05, 0.1) is 6.04 Å². The fraction of sp³-hybridized carbons (Fsp3) is 0.400. The summed E-state index contributed by atoms with van der Waals surface area (Å²) in [6.07, 6.45) is 4.33. The molecule has 2 aromatic rings. The van der Waals surface area contributed by atoms with E-state index in [9.17, 15) is 0 Å². The van der Waals surface area contributed by atoms with Gasteiger partial charge in [-0.1, -0.05) is 48.0 Å². The van der Waals surface area contributed by atoms with Gasteiger partial charge >= 0.3 is 0 Å². The van der Waals surface area contributed by atoms with Gasteiger partial charge in [0.25, 0.3) is 0 Å². The SMILES string of the molecule is CN=C(NCc1ccc(Cl)nc1)NCC(c1ccccc1)N1CCCC1. The van der Waals surface area contributed by atoms with Gasteiger partial charge in [-0.3, -0.25) is 9.89 Å². The zero-order chi connectivity index (χ0) is 18.2. The number of aliphatic imine (C=N–C) groups is 1. The van der Waals surface area contributed by atoms with Crippen molar-refractivity contribution in [3.8, 4) is 0 Å². The van der Waals surface area contributed by atoms with Crippen LogP contribution in [-0.4, -0.2) is 42.5 Å². The number of pyridine rings is 1. The normalized spacial score (nSPS) is 16.5. The summed E-state index contributed by atoms with van der Waals surface area (Å²) in [7, 11) is 1.79. The molecule has 0 bridgehead atoms. The van der Waals surface area contributed by atoms with Crippen molar-refractivity contribution in [1.82, 2.24) is 20.5 Å². The molecule has 1 aromatic heterocycles. The quantitative estimate of drug-likeness (QED) is 0.465. The zero-order valence-electron chi connectivity index (χ0n) is 15.2. The van der Waals surface area contributed by atoms with Gasteiger partial charge in [0.1, 0.15) is 5.15 Å². The highest BCUT2D eigenvalue weighted by Crippen LogP contribution is 2.24. The van der Waals surface area contributed by atoms with Crippen LogP contribution in [0.15, 0.2) is 53.7 Å². The maximum Gasteiger partial charge on any atom is 0.191 e. The molecule has 26 heavy (non-hydrogen) atoms. The molecule has 1 atom stereocenters. The molecule has 0 spiro atoms. The first kappa shape index (κ1) is 18.7. The molecule has 1 aliphatic heterocycles. The molecule has 138 valence electrons. The summed E-state index contributed by atoms with van der Waals surface area (Å²) in [5.41, 5.74) is 2.41. The van der Waals surface area contributed by atoms with E-state index in [0.717, 1.165) is 31.2 Å². The smallest absolute Gasteiger partial charge is 0.191 e. The third-order valence-corrected chi connectivity index (χ3v) is 4.92. The molecule has 1 aliphatic rings. The van der Waals surface area contributed by atoms with Gasteiger partial charge in [-0.15, -0.1) is 0 Å². The largest absolute Gasteiger partial charge is 0.354 e. The number of benzene rings is 1. The van der Waals surface area contributed by atoms with Crippen molar-refractivity contribution in [2.45, 2.75) is 25.4 Å². The van der Waals surface area contributed by atoms with Gasteiger partial charge in [-0.05, 0) is 43.1 Å². The number of nitrogens with one attached hydrogen (secondary N) is 2. The maximum atomic E-state index is 5.83. The highest BCUT2D eigenvalue weighted by atomic mass is 35.5. The van der Waals surface area contributed by atoms with Crippen LogP contribution in [0.25, 0.3) is 0 Å². The van der Waals surface area contributed by atoms with Crippen molar-refractivity contribution < 1.29 is 0 Å². The van der Waals surface area contributed by atoms with Crippen LogP contribution in [0, 0.1) is 0 Å². The van der Waals surface area contributed by atoms with Crippen molar-refractivity contribution in [3.63, 3.8) is 0 Å². The van der Waals surface area contributed by atoms with Crippen LogP contribution in [0.5, 0.6) is 0 Å². The molecule has 1 fully saturated rings. The summed E-state index contributed by atoms with van der Waals surface area (Å²) in [5, 5.41) is 7.32. The monoisotopic (exact) mass is 371 g/mol. The molecule has 1 unspecified atom stereocenters. The Kier molecular flexibility index (Phi) is 6.86. The Morgan fingerprint density at radius 3 is 2.58 bits per heavy atom. The lowest BCUT2D eigenvalue weighted by Gasteiger charge is -2.29. The lowest BCUT2D eigenvalue weighted by Crippen LogP contribution is -2.42. The minimum Gasteiger partial charge on any atom is -0.354 e. The van der Waals surface area contributed by atoms with E-state index in [-0.39, 0.29) is 0 Å². The fourth-order valence-corrected chi connectivity index (χ4v) is 3.41. The summed E-state index contributed by atoms with van der Waals surface area (Å²) >= 11 is 5.83. The van der Waals surface area contributed by atoms with Gasteiger partial charge in [0, 0.05) is 26.3 Å². The van der Waals surface area contributed by atoms with Gasteiger partial charge in [-0.25, -0.2) is 4.98 Å². The first-order chi connectivity index (χ1) is 12.8. The van der Waals surface area contributed by atoms with E-state index in [1.807, 2.05) is 6.07 Å². The Balaban J connectivity index is 1.58. The average molecular weight is 372 g/mol. The van der Waals surface area contributed by atoms with Crippen LogP contribution < -0.4 is 10.6 Å². The molecule has 1 saturated heterocycles. The van der Waals surface area contributed by atoms with Crippen LogP contribution in [0.4, 0.5) is 0 Å². The predicted molar refractivity (Wildman–Crippen MR) is 107 cm³/mol. The Bertz CT molecular complexity index is 696. The minimum atomic E-state index is 0.356. The molecule has 2 N–H and O–H groups in total. The van der Waals surface area contributed by atoms with Crippen molar-refractivity contribution in [2.75, 3.05) is 26.7 Å². The van der Waals surface area contributed by atoms with Crippen molar-refractivity contribution in [3.05, 3.63) is 64.9 Å². The number of halogens is 1. The molecule has 0 aliphatic carbocycles. The fourth-order valence-electron chi connectivity index (χ4n) is 3.30. The molecule has 0 saturated carbocycles. The number of hydrogen-bond acceptors (Lipinski definition) is 3. The Morgan fingerprint density at radius 1 is 1.15 bits per heavy atom. The van der Waals surface area contributed by atoms with E-state index in [2.05, 4.69) is 55.8 Å². The highest BCUT2D eigenvalue weighted by molar-refractivity contribution is 6.29. The molecule has 6 heteroatoms. The molecule has 0 radical (unpaired) electrons. The molecular weight excluding hydrogens is 346 g/mol. The predicted octanol–water partition coefficient (Wildman–Crippen LogP) is 3.24. The number of rotatable bonds is 6. The number of hydrogen-bond donors (Lipinski definition) is 2. The number of aromatic nitrogens is 1. The maximum absolute atomic E-state index is 5.83. The Hall–Kier alpha value is -2.11. The number of guanidine groups is 1. The van der Waals surface area contributed by atoms with E-state index in [4.69, 9.17) is 11.6 Å². The molecule has 1 aromatic carbocycles. The molecule has 5 nitrogen and oxygen atoms in total. The molecular formula is C20H26ClN5. The van der Waals surface area contributed by atoms with E-state index in [1.54, 1.807) is 19.3 Å². The summed E-state index contributed by atoms with van der Waals surface area (Å²) < 4.78 is 0. The number of likely N-dealkylation sites (tertiary alicyclic amines) is 1. The van der Waals surface area contributed by atoms with Gasteiger partial charge in [0.15, 0.2) is 5.96 Å². The van der Waals surface area contributed by atoms with Crippen molar-refractivity contribution in [2.24, 2.45) is 4.99 Å². The van der Waals surface area contributed by atoms with Crippen LogP contribution >= 0.6 is 11.6 Å². The highest BCUT2D eigenvalue weighted by Gasteiger charge is 2.23. The summed E-state index contributed by atoms with van der Waals surface area (Å²) in [4.78, 5) is 11.0. The number of nitrogens with zero attached hydrogens (tertiary/aromatic N) is 3. The summed E-state index contributed by atoms with van der Waals surface area (Å²) in [6, 6.07) is 14.8. The van der Waals surface area contributed by atoms with Gasteiger partial charge in [-0.2, -0.15) is 0 Å². The van der Waals surface area contributed by atoms with Crippen LogP contribution in [-0.2, 0) is 6.54 Å². The minimum absolute atomic E-state index is 0.356. The second-order valence-electron chi connectivity index (χ2n) is 6.47. The summed E-state index contributed by atoms with van der Waals surface area (Å²) in [6.45, 7) is 3.79. The zero-order valence-corrected chi connectivity index (χ0v) is 15.9. The van der Waals surface area contributed by atoms with E-state index in [0.29, 0.717) is 17.7 Å². The van der Waals surface area contributed by atoms with Gasteiger partial charge < -0.3 is 10.6 Å². The first-order valence-corrected chi connectivity index (χ1v) is 9.48. The van der Waals surface area contributed by atoms with Crippen LogP contribution in [0.1, 0.15) is 30.0 Å². The lowest BCUT2D eigenvalue weighted by atomic mass is 10.1. The van der Waals surface area contributed by atoms with E-state index in [1.165, 1.54) is 18.4 Å². The second-order valence-corrected chi connectivity index (χ2v) is 6.85. The van der Waals surface area contributed by atoms with Crippen LogP contribution in [0.3, 0.4) is 0 Å². The lowest BCUT2D eigenvalue weighted by molar-refractivity contribution is 0.245.